The lowest BCUT2D eigenvalue weighted by Gasteiger charge is -2.28. The summed E-state index contributed by atoms with van der Waals surface area (Å²) in [5, 5.41) is 4.25. The van der Waals surface area contributed by atoms with Crippen LogP contribution in [-0.2, 0) is 10.2 Å². The molecule has 0 saturated heterocycles. The Morgan fingerprint density at radius 3 is 2.84 bits per heavy atom. The van der Waals surface area contributed by atoms with Gasteiger partial charge in [-0.1, -0.05) is 17.7 Å². The van der Waals surface area contributed by atoms with Crippen molar-refractivity contribution in [3.05, 3.63) is 52.8 Å². The number of hydrogen-bond donors (Lipinski definition) is 1. The zero-order valence-corrected chi connectivity index (χ0v) is 15.7. The average Bonchev–Trinajstić information content (AvgIpc) is 3.39. The molecule has 1 aliphatic carbocycles. The number of halogens is 1. The number of nitrogens with zero attached hydrogens (tertiary/aromatic N) is 2. The first-order chi connectivity index (χ1) is 11.9. The monoisotopic (exact) mass is 357 g/mol. The Morgan fingerprint density at radius 1 is 1.40 bits per heavy atom. The van der Waals surface area contributed by atoms with E-state index < -0.39 is 0 Å². The Hall–Kier alpha value is -2.07. The zero-order chi connectivity index (χ0) is 18.0. The van der Waals surface area contributed by atoms with Crippen LogP contribution in [0, 0.1) is 6.92 Å². The topological polar surface area (TPSA) is 45.2 Å². The number of carbonyl (C=O) groups is 1. The summed E-state index contributed by atoms with van der Waals surface area (Å²) in [5.41, 5.74) is 4.03. The fourth-order valence-electron chi connectivity index (χ4n) is 3.27. The molecule has 1 fully saturated rings. The van der Waals surface area contributed by atoms with Crippen LogP contribution in [0.3, 0.4) is 0 Å². The molecule has 132 valence electrons. The number of benzene rings is 1. The van der Waals surface area contributed by atoms with Gasteiger partial charge in [0.1, 0.15) is 6.29 Å². The molecule has 0 amide bonds. The van der Waals surface area contributed by atoms with Gasteiger partial charge in [-0.3, -0.25) is 4.98 Å². The molecular weight excluding hydrogens is 334 g/mol. The second-order valence-electron chi connectivity index (χ2n) is 7.05. The largest absolute Gasteiger partial charge is 0.381 e. The number of carbonyl (C=O) groups excluding carboxylic acids is 1. The molecule has 1 atom stereocenters. The number of aryl methyl sites for hydroxylation is 1. The highest BCUT2D eigenvalue weighted by Gasteiger charge is 2.46. The van der Waals surface area contributed by atoms with Gasteiger partial charge in [-0.15, -0.1) is 0 Å². The van der Waals surface area contributed by atoms with E-state index in [-0.39, 0.29) is 11.5 Å². The highest BCUT2D eigenvalue weighted by atomic mass is 35.5. The van der Waals surface area contributed by atoms with Gasteiger partial charge < -0.3 is 15.0 Å². The minimum absolute atomic E-state index is 0.210. The molecule has 25 heavy (non-hydrogen) atoms. The third-order valence-corrected chi connectivity index (χ3v) is 5.15. The molecular formula is C20H24ClN3O. The Balaban J connectivity index is 1.73. The molecule has 0 spiro atoms. The zero-order valence-electron chi connectivity index (χ0n) is 14.9. The van der Waals surface area contributed by atoms with Gasteiger partial charge in [0.15, 0.2) is 0 Å². The fraction of sp³-hybridized carbons (Fsp3) is 0.400. The van der Waals surface area contributed by atoms with Crippen LogP contribution in [0.15, 0.2) is 36.7 Å². The van der Waals surface area contributed by atoms with Gasteiger partial charge in [0, 0.05) is 36.5 Å². The molecule has 1 aromatic heterocycles. The van der Waals surface area contributed by atoms with Crippen LogP contribution >= 0.6 is 11.6 Å². The first kappa shape index (κ1) is 17.7. The van der Waals surface area contributed by atoms with E-state index in [1.807, 2.05) is 37.5 Å². The summed E-state index contributed by atoms with van der Waals surface area (Å²) in [6, 6.07) is 8.05. The van der Waals surface area contributed by atoms with Crippen LogP contribution in [0.5, 0.6) is 0 Å². The fourth-order valence-corrected chi connectivity index (χ4v) is 3.44. The van der Waals surface area contributed by atoms with Gasteiger partial charge in [0.05, 0.1) is 17.3 Å². The maximum atomic E-state index is 11.5. The average molecular weight is 358 g/mol. The maximum absolute atomic E-state index is 11.5. The number of pyridine rings is 1. The predicted octanol–water partition coefficient (Wildman–Crippen LogP) is 4.21. The normalized spacial score (nSPS) is 16.2. The van der Waals surface area contributed by atoms with Gasteiger partial charge in [-0.25, -0.2) is 0 Å². The summed E-state index contributed by atoms with van der Waals surface area (Å²) in [6.07, 6.45) is 6.58. The molecule has 0 bridgehead atoms. The summed E-state index contributed by atoms with van der Waals surface area (Å²) < 4.78 is 0. The molecule has 1 saturated carbocycles. The first-order valence-electron chi connectivity index (χ1n) is 8.60. The lowest BCUT2D eigenvalue weighted by atomic mass is 9.96. The van der Waals surface area contributed by atoms with Gasteiger partial charge in [0.25, 0.3) is 0 Å². The molecule has 4 nitrogen and oxygen atoms in total. The summed E-state index contributed by atoms with van der Waals surface area (Å²) in [5.74, 6) is 0. The van der Waals surface area contributed by atoms with Gasteiger partial charge in [0.2, 0.25) is 0 Å². The van der Waals surface area contributed by atoms with Gasteiger partial charge in [-0.05, 0) is 56.0 Å². The number of aromatic nitrogens is 1. The Morgan fingerprint density at radius 2 is 2.16 bits per heavy atom. The van der Waals surface area contributed by atoms with Crippen LogP contribution in [0.25, 0.3) is 0 Å². The number of rotatable bonds is 7. The lowest BCUT2D eigenvalue weighted by molar-refractivity contribution is -0.109. The summed E-state index contributed by atoms with van der Waals surface area (Å²) >= 11 is 6.10. The van der Waals surface area contributed by atoms with Gasteiger partial charge in [-0.2, -0.15) is 0 Å². The van der Waals surface area contributed by atoms with E-state index >= 15 is 0 Å². The second kappa shape index (κ2) is 7.04. The van der Waals surface area contributed by atoms with E-state index in [1.54, 1.807) is 6.20 Å². The van der Waals surface area contributed by atoms with E-state index in [0.29, 0.717) is 0 Å². The number of nitrogens with one attached hydrogen (secondary N) is 1. The third-order valence-electron chi connectivity index (χ3n) is 4.91. The molecule has 1 N–H and O–H groups in total. The third kappa shape index (κ3) is 3.79. The molecule has 0 radical (unpaired) electrons. The summed E-state index contributed by atoms with van der Waals surface area (Å²) in [4.78, 5) is 18.0. The second-order valence-corrected chi connectivity index (χ2v) is 7.49. The van der Waals surface area contributed by atoms with Crippen molar-refractivity contribution in [2.75, 3.05) is 23.8 Å². The molecule has 1 aliphatic rings. The summed E-state index contributed by atoms with van der Waals surface area (Å²) in [7, 11) is 2.05. The Labute approximate surface area is 154 Å². The smallest absolute Gasteiger partial charge is 0.130 e. The van der Waals surface area contributed by atoms with Crippen molar-refractivity contribution < 1.29 is 4.79 Å². The first-order valence-corrected chi connectivity index (χ1v) is 8.97. The highest BCUT2D eigenvalue weighted by molar-refractivity contribution is 6.30. The van der Waals surface area contributed by atoms with Crippen LogP contribution in [0.4, 0.5) is 11.4 Å². The molecule has 1 unspecified atom stereocenters. The maximum Gasteiger partial charge on any atom is 0.130 e. The minimum atomic E-state index is -0.299. The number of likely N-dealkylation sites (N-methyl/N-ethyl adjacent to an activating group) is 1. The molecule has 3 rings (SSSR count). The molecule has 1 aromatic carbocycles. The molecule has 2 aromatic rings. The van der Waals surface area contributed by atoms with Crippen molar-refractivity contribution in [2.45, 2.75) is 38.1 Å². The van der Waals surface area contributed by atoms with Gasteiger partial charge >= 0.3 is 0 Å². The van der Waals surface area contributed by atoms with Crippen molar-refractivity contribution in [1.82, 2.24) is 4.98 Å². The van der Waals surface area contributed by atoms with E-state index in [4.69, 9.17) is 11.6 Å². The van der Waals surface area contributed by atoms with Crippen LogP contribution in [-0.4, -0.2) is 30.9 Å². The Bertz CT molecular complexity index is 773. The van der Waals surface area contributed by atoms with E-state index in [0.717, 1.165) is 47.6 Å². The van der Waals surface area contributed by atoms with Crippen molar-refractivity contribution in [3.8, 4) is 0 Å². The predicted molar refractivity (Wildman–Crippen MR) is 104 cm³/mol. The quantitative estimate of drug-likeness (QED) is 0.754. The lowest BCUT2D eigenvalue weighted by Crippen LogP contribution is -2.33. The Kier molecular flexibility index (Phi) is 5.00. The standard InChI is InChI=1S/C20H24ClN3O/c1-14-4-5-16(21)10-18(14)23-15(2)12-24(3)19-11-22-9-6-17(19)20(13-25)7-8-20/h4-6,9-11,13,15,23H,7-8,12H2,1-3H3. The summed E-state index contributed by atoms with van der Waals surface area (Å²) in [6.45, 7) is 4.99. The van der Waals surface area contributed by atoms with Crippen molar-refractivity contribution in [1.29, 1.82) is 0 Å². The number of aldehydes is 1. The van der Waals surface area contributed by atoms with Crippen LogP contribution < -0.4 is 10.2 Å². The number of anilines is 2. The highest BCUT2D eigenvalue weighted by Crippen LogP contribution is 2.49. The van der Waals surface area contributed by atoms with Crippen LogP contribution in [0.2, 0.25) is 5.02 Å². The van der Waals surface area contributed by atoms with E-state index in [2.05, 4.69) is 29.0 Å². The minimum Gasteiger partial charge on any atom is -0.381 e. The molecule has 5 heteroatoms. The molecule has 1 heterocycles. The van der Waals surface area contributed by atoms with Crippen LogP contribution in [0.1, 0.15) is 30.9 Å². The number of hydrogen-bond acceptors (Lipinski definition) is 4. The van der Waals surface area contributed by atoms with E-state index in [1.165, 1.54) is 5.56 Å². The van der Waals surface area contributed by atoms with Crippen molar-refractivity contribution in [2.24, 2.45) is 0 Å². The van der Waals surface area contributed by atoms with E-state index in [9.17, 15) is 4.79 Å². The molecule has 0 aliphatic heterocycles. The SMILES string of the molecule is Cc1ccc(Cl)cc1NC(C)CN(C)c1cnccc1C1(C=O)CC1. The van der Waals surface area contributed by atoms with Crippen molar-refractivity contribution >= 4 is 29.3 Å². The van der Waals surface area contributed by atoms with Crippen molar-refractivity contribution in [3.63, 3.8) is 0 Å².